The maximum Gasteiger partial charge on any atom is 0.323 e. The van der Waals surface area contributed by atoms with Crippen molar-refractivity contribution in [2.75, 3.05) is 13.7 Å². The van der Waals surface area contributed by atoms with Crippen molar-refractivity contribution < 1.29 is 24.0 Å². The van der Waals surface area contributed by atoms with Gasteiger partial charge >= 0.3 is 5.97 Å². The molecule has 8 heteroatoms. The zero-order chi connectivity index (χ0) is 15.6. The highest BCUT2D eigenvalue weighted by atomic mass is 19.1. The number of carbonyl (C=O) groups excluding carboxylic acids is 1. The number of hydrogen-bond acceptors (Lipinski definition) is 6. The minimum Gasteiger partial charge on any atom is -0.468 e. The number of methoxy groups -OCH3 is 1. The number of aliphatic hydroxyl groups is 1. The van der Waals surface area contributed by atoms with Crippen molar-refractivity contribution >= 4 is 11.7 Å². The molecule has 1 aliphatic rings. The molecule has 7 nitrogen and oxygen atoms in total. The molecule has 1 heterocycles. The van der Waals surface area contributed by atoms with Crippen LogP contribution in [-0.4, -0.2) is 46.7 Å². The third-order valence-electron chi connectivity index (χ3n) is 3.39. The van der Waals surface area contributed by atoms with Crippen molar-refractivity contribution in [1.29, 1.82) is 0 Å². The van der Waals surface area contributed by atoms with Crippen LogP contribution in [0.4, 0.5) is 10.1 Å². The maximum atomic E-state index is 13.4. The van der Waals surface area contributed by atoms with Crippen LogP contribution in [0.15, 0.2) is 18.2 Å². The third kappa shape index (κ3) is 3.53. The molecule has 0 spiro atoms. The number of rotatable bonds is 4. The summed E-state index contributed by atoms with van der Waals surface area (Å²) in [6.45, 7) is 0.347. The highest BCUT2D eigenvalue weighted by Crippen LogP contribution is 2.24. The lowest BCUT2D eigenvalue weighted by molar-refractivity contribution is -0.385. The Hall–Kier alpha value is -2.06. The van der Waals surface area contributed by atoms with Crippen LogP contribution in [0.1, 0.15) is 12.0 Å². The zero-order valence-corrected chi connectivity index (χ0v) is 11.4. The van der Waals surface area contributed by atoms with Crippen LogP contribution in [0.25, 0.3) is 0 Å². The normalized spacial score (nSPS) is 22.2. The highest BCUT2D eigenvalue weighted by Gasteiger charge is 2.36. The summed E-state index contributed by atoms with van der Waals surface area (Å²) in [7, 11) is 1.25. The van der Waals surface area contributed by atoms with E-state index in [2.05, 4.69) is 4.74 Å². The Kier molecular flexibility index (Phi) is 4.49. The van der Waals surface area contributed by atoms with Gasteiger partial charge in [-0.3, -0.25) is 19.8 Å². The van der Waals surface area contributed by atoms with Crippen LogP contribution in [0.2, 0.25) is 0 Å². The largest absolute Gasteiger partial charge is 0.468 e. The van der Waals surface area contributed by atoms with E-state index in [-0.39, 0.29) is 25.2 Å². The SMILES string of the molecule is COC(=O)C1CC(O)CN1Cc1cc(F)cc([N+](=O)[O-])c1. The maximum absolute atomic E-state index is 13.4. The predicted octanol–water partition coefficient (Wildman–Crippen LogP) is 0.842. The summed E-state index contributed by atoms with van der Waals surface area (Å²) in [5.74, 6) is -1.20. The molecule has 0 bridgehead atoms. The quantitative estimate of drug-likeness (QED) is 0.503. The smallest absolute Gasteiger partial charge is 0.323 e. The van der Waals surface area contributed by atoms with E-state index >= 15 is 0 Å². The fraction of sp³-hybridized carbons (Fsp3) is 0.462. The second-order valence-electron chi connectivity index (χ2n) is 4.93. The molecule has 0 aromatic heterocycles. The summed E-state index contributed by atoms with van der Waals surface area (Å²) in [5, 5.41) is 20.4. The Morgan fingerprint density at radius 1 is 1.57 bits per heavy atom. The van der Waals surface area contributed by atoms with Crippen molar-refractivity contribution in [1.82, 2.24) is 4.90 Å². The summed E-state index contributed by atoms with van der Waals surface area (Å²) >= 11 is 0. The van der Waals surface area contributed by atoms with Gasteiger partial charge in [0.25, 0.3) is 5.69 Å². The number of esters is 1. The standard InChI is InChI=1S/C13H15FN2O5/c1-21-13(18)12-5-11(17)7-15(12)6-8-2-9(14)4-10(3-8)16(19)20/h2-4,11-12,17H,5-7H2,1H3. The van der Waals surface area contributed by atoms with E-state index in [4.69, 9.17) is 0 Å². The van der Waals surface area contributed by atoms with E-state index in [0.29, 0.717) is 5.56 Å². The first kappa shape index (κ1) is 15.3. The number of halogens is 1. The van der Waals surface area contributed by atoms with Gasteiger partial charge in [0.2, 0.25) is 0 Å². The number of β-amino-alcohol motifs (C(OH)–C–C–N with tert-alkyl or cyclic N) is 1. The van der Waals surface area contributed by atoms with Crippen LogP contribution in [0.3, 0.4) is 0 Å². The lowest BCUT2D eigenvalue weighted by atomic mass is 10.1. The third-order valence-corrected chi connectivity index (χ3v) is 3.39. The molecule has 0 aliphatic carbocycles. The summed E-state index contributed by atoms with van der Waals surface area (Å²) < 4.78 is 18.1. The number of non-ortho nitro benzene ring substituents is 1. The Morgan fingerprint density at radius 3 is 2.90 bits per heavy atom. The van der Waals surface area contributed by atoms with Crippen LogP contribution in [0, 0.1) is 15.9 Å². The van der Waals surface area contributed by atoms with Gasteiger partial charge in [0.05, 0.1) is 24.2 Å². The number of aliphatic hydroxyl groups excluding tert-OH is 1. The van der Waals surface area contributed by atoms with Gasteiger partial charge in [0.1, 0.15) is 11.9 Å². The monoisotopic (exact) mass is 298 g/mol. The number of nitro groups is 1. The minimum atomic E-state index is -0.714. The molecule has 1 aliphatic heterocycles. The lowest BCUT2D eigenvalue weighted by Crippen LogP contribution is -2.36. The number of ether oxygens (including phenoxy) is 1. The summed E-state index contributed by atoms with van der Waals surface area (Å²) in [4.78, 5) is 23.3. The molecule has 1 fully saturated rings. The van der Waals surface area contributed by atoms with E-state index in [9.17, 15) is 24.4 Å². The van der Waals surface area contributed by atoms with Crippen LogP contribution in [0.5, 0.6) is 0 Å². The summed E-state index contributed by atoms with van der Waals surface area (Å²) in [5.41, 5.74) is 0.0177. The van der Waals surface area contributed by atoms with Crippen LogP contribution in [-0.2, 0) is 16.1 Å². The van der Waals surface area contributed by atoms with Gasteiger partial charge in [-0.2, -0.15) is 0 Å². The molecule has 0 amide bonds. The van der Waals surface area contributed by atoms with E-state index < -0.39 is 28.9 Å². The number of benzene rings is 1. The molecular formula is C13H15FN2O5. The minimum absolute atomic E-state index is 0.120. The van der Waals surface area contributed by atoms with Gasteiger partial charge in [-0.05, 0) is 11.6 Å². The first-order valence-corrected chi connectivity index (χ1v) is 6.34. The van der Waals surface area contributed by atoms with Gasteiger partial charge in [0, 0.05) is 25.6 Å². The zero-order valence-electron chi connectivity index (χ0n) is 11.4. The molecule has 0 saturated carbocycles. The van der Waals surface area contributed by atoms with Gasteiger partial charge in [0.15, 0.2) is 0 Å². The Bertz CT molecular complexity index is 565. The van der Waals surface area contributed by atoms with Gasteiger partial charge in [-0.25, -0.2) is 4.39 Å². The molecule has 1 N–H and O–H groups in total. The summed E-state index contributed by atoms with van der Waals surface area (Å²) in [6, 6.07) is 2.63. The number of carbonyl (C=O) groups is 1. The number of nitrogens with zero attached hydrogens (tertiary/aromatic N) is 2. The topological polar surface area (TPSA) is 92.9 Å². The van der Waals surface area contributed by atoms with Gasteiger partial charge < -0.3 is 9.84 Å². The second kappa shape index (κ2) is 6.15. The lowest BCUT2D eigenvalue weighted by Gasteiger charge is -2.21. The average Bonchev–Trinajstić information content (AvgIpc) is 2.78. The van der Waals surface area contributed by atoms with Crippen molar-refractivity contribution in [3.63, 3.8) is 0 Å². The van der Waals surface area contributed by atoms with Crippen LogP contribution < -0.4 is 0 Å². The molecule has 2 atom stereocenters. The van der Waals surface area contributed by atoms with Crippen molar-refractivity contribution in [2.24, 2.45) is 0 Å². The fourth-order valence-electron chi connectivity index (χ4n) is 2.50. The first-order chi connectivity index (χ1) is 9.90. The van der Waals surface area contributed by atoms with Gasteiger partial charge in [-0.15, -0.1) is 0 Å². The Morgan fingerprint density at radius 2 is 2.29 bits per heavy atom. The molecule has 2 unspecified atom stereocenters. The number of nitro benzene ring substituents is 1. The van der Waals surface area contributed by atoms with Crippen molar-refractivity contribution in [2.45, 2.75) is 25.1 Å². The van der Waals surface area contributed by atoms with Crippen LogP contribution >= 0.6 is 0 Å². The predicted molar refractivity (Wildman–Crippen MR) is 69.9 cm³/mol. The van der Waals surface area contributed by atoms with Crippen molar-refractivity contribution in [3.8, 4) is 0 Å². The molecular weight excluding hydrogens is 283 g/mol. The fourth-order valence-corrected chi connectivity index (χ4v) is 2.50. The molecule has 114 valence electrons. The molecule has 2 rings (SSSR count). The molecule has 1 aromatic carbocycles. The first-order valence-electron chi connectivity index (χ1n) is 6.34. The van der Waals surface area contributed by atoms with E-state index in [1.807, 2.05) is 0 Å². The Labute approximate surface area is 120 Å². The average molecular weight is 298 g/mol. The second-order valence-corrected chi connectivity index (χ2v) is 4.93. The van der Waals surface area contributed by atoms with E-state index in [1.165, 1.54) is 19.2 Å². The van der Waals surface area contributed by atoms with E-state index in [0.717, 1.165) is 6.07 Å². The van der Waals surface area contributed by atoms with Gasteiger partial charge in [-0.1, -0.05) is 0 Å². The molecule has 1 aromatic rings. The molecule has 0 radical (unpaired) electrons. The summed E-state index contributed by atoms with van der Waals surface area (Å²) in [6.07, 6.45) is -0.456. The Balaban J connectivity index is 2.20. The van der Waals surface area contributed by atoms with E-state index in [1.54, 1.807) is 4.90 Å². The molecule has 21 heavy (non-hydrogen) atoms. The molecule has 1 saturated heterocycles. The number of likely N-dealkylation sites (tertiary alicyclic amines) is 1. The number of hydrogen-bond donors (Lipinski definition) is 1. The highest BCUT2D eigenvalue weighted by molar-refractivity contribution is 5.76. The van der Waals surface area contributed by atoms with Crippen molar-refractivity contribution in [3.05, 3.63) is 39.7 Å².